The molecule has 0 aromatic carbocycles. The van der Waals surface area contributed by atoms with E-state index in [9.17, 15) is 29.7 Å². The highest BCUT2D eigenvalue weighted by Gasteiger charge is 2.86. The maximum Gasteiger partial charge on any atom is 0.303 e. The van der Waals surface area contributed by atoms with Gasteiger partial charge in [0.15, 0.2) is 5.78 Å². The molecule has 0 spiro atoms. The molecule has 0 bridgehead atoms. The maximum absolute atomic E-state index is 13.0. The molecule has 0 heterocycles. The Kier molecular flexibility index (Phi) is 4.88. The lowest BCUT2D eigenvalue weighted by Crippen LogP contribution is -2.65. The summed E-state index contributed by atoms with van der Waals surface area (Å²) in [5.74, 6) is -4.45. The van der Waals surface area contributed by atoms with E-state index in [-0.39, 0.29) is 13.0 Å². The van der Waals surface area contributed by atoms with Crippen molar-refractivity contribution in [3.63, 3.8) is 0 Å². The van der Waals surface area contributed by atoms with Crippen LogP contribution in [-0.4, -0.2) is 62.6 Å². The minimum Gasteiger partial charge on any atom is -0.461 e. The van der Waals surface area contributed by atoms with Crippen molar-refractivity contribution in [2.75, 3.05) is 6.61 Å². The maximum atomic E-state index is 13.0. The van der Waals surface area contributed by atoms with Crippen LogP contribution in [0.4, 0.5) is 0 Å². The summed E-state index contributed by atoms with van der Waals surface area (Å²) in [5.41, 5.74) is -4.65. The van der Waals surface area contributed by atoms with E-state index in [1.165, 1.54) is 13.8 Å². The highest BCUT2D eigenvalue weighted by Crippen LogP contribution is 2.76. The number of aliphatic hydroxyl groups is 3. The van der Waals surface area contributed by atoms with Crippen LogP contribution in [0, 0.1) is 29.1 Å². The number of carbonyl (C=O) groups excluding carboxylic acids is 3. The first-order valence-corrected chi connectivity index (χ1v) is 11.0. The van der Waals surface area contributed by atoms with Crippen LogP contribution in [0.5, 0.6) is 0 Å². The Balaban J connectivity index is 1.91. The Morgan fingerprint density at radius 3 is 2.34 bits per heavy atom. The Labute approximate surface area is 187 Å². The average Bonchev–Trinajstić information content (AvgIpc) is 3.11. The third kappa shape index (κ3) is 2.63. The first-order chi connectivity index (χ1) is 14.7. The number of ketones is 1. The topological polar surface area (TPSA) is 130 Å². The summed E-state index contributed by atoms with van der Waals surface area (Å²) in [5, 5.41) is 35.2. The molecule has 0 aromatic rings. The van der Waals surface area contributed by atoms with E-state index >= 15 is 0 Å². The molecular weight excluding hydrogens is 416 g/mol. The molecule has 0 amide bonds. The van der Waals surface area contributed by atoms with E-state index in [1.54, 1.807) is 26.0 Å². The van der Waals surface area contributed by atoms with Crippen molar-refractivity contribution < 1.29 is 39.2 Å². The molecule has 32 heavy (non-hydrogen) atoms. The van der Waals surface area contributed by atoms with Gasteiger partial charge in [0.25, 0.3) is 0 Å². The van der Waals surface area contributed by atoms with E-state index in [0.29, 0.717) is 11.1 Å². The van der Waals surface area contributed by atoms with Crippen LogP contribution in [0.3, 0.4) is 0 Å². The Bertz CT molecular complexity index is 963. The van der Waals surface area contributed by atoms with Gasteiger partial charge in [-0.15, -0.1) is 0 Å². The van der Waals surface area contributed by atoms with E-state index in [4.69, 9.17) is 9.47 Å². The van der Waals surface area contributed by atoms with Crippen molar-refractivity contribution in [1.82, 2.24) is 0 Å². The van der Waals surface area contributed by atoms with E-state index < -0.39 is 69.7 Å². The summed E-state index contributed by atoms with van der Waals surface area (Å²) >= 11 is 0. The molecule has 0 aromatic heterocycles. The number of ether oxygens (including phenoxy) is 2. The van der Waals surface area contributed by atoms with Crippen LogP contribution in [0.25, 0.3) is 0 Å². The first kappa shape index (κ1) is 23.1. The van der Waals surface area contributed by atoms with Crippen LogP contribution >= 0.6 is 0 Å². The van der Waals surface area contributed by atoms with Crippen molar-refractivity contribution in [1.29, 1.82) is 0 Å². The summed E-state index contributed by atoms with van der Waals surface area (Å²) in [4.78, 5) is 36.5. The molecule has 8 nitrogen and oxygen atoms in total. The molecule has 0 saturated heterocycles. The lowest BCUT2D eigenvalue weighted by molar-refractivity contribution is -0.218. The van der Waals surface area contributed by atoms with Gasteiger partial charge in [0, 0.05) is 49.4 Å². The summed E-state index contributed by atoms with van der Waals surface area (Å²) < 4.78 is 10.9. The van der Waals surface area contributed by atoms with Crippen molar-refractivity contribution in [3.8, 4) is 0 Å². The fraction of sp³-hybridized carbons (Fsp3) is 0.708. The summed E-state index contributed by atoms with van der Waals surface area (Å²) in [7, 11) is 0. The quantitative estimate of drug-likeness (QED) is 0.432. The lowest BCUT2D eigenvalue weighted by atomic mass is 9.59. The number of Topliss-reactive ketones (excluding diaryl/α,β-unsaturated/α-hetero) is 1. The number of hydrogen-bond donors (Lipinski definition) is 3. The lowest BCUT2D eigenvalue weighted by Gasteiger charge is -2.52. The predicted molar refractivity (Wildman–Crippen MR) is 112 cm³/mol. The predicted octanol–water partition coefficient (Wildman–Crippen LogP) is 1.07. The zero-order valence-corrected chi connectivity index (χ0v) is 19.3. The van der Waals surface area contributed by atoms with Gasteiger partial charge in [0.05, 0.1) is 11.7 Å². The second kappa shape index (κ2) is 6.74. The number of esters is 2. The molecule has 3 N–H and O–H groups in total. The monoisotopic (exact) mass is 448 g/mol. The molecule has 176 valence electrons. The standard InChI is InChI=1S/C24H32O8/c1-11-7-17-22(29,19(11)27)9-15(10-31-13(3)25)8-16-18-21(5,6)24(18,32-14(4)26)20(28)12(2)23(16,17)30/h7-8,12,16-18,20,28-30H,9-10H2,1-6H3/t12-,16?,17-,18?,20-,22-,23-,24?/m1/s1. The third-order valence-corrected chi connectivity index (χ3v) is 8.56. The minimum absolute atomic E-state index is 0.104. The SMILES string of the molecule is CC(=O)OCC1=CC2C3C(C)(C)C3(OC(C)=O)[C@H](O)[C@@H](C)[C@]2(O)[C@@H]2C=C(C)C(=O)[C@@]2(O)C1. The molecule has 4 rings (SSSR count). The molecule has 0 aliphatic heterocycles. The fourth-order valence-electron chi connectivity index (χ4n) is 7.09. The Morgan fingerprint density at radius 1 is 1.16 bits per heavy atom. The first-order valence-electron chi connectivity index (χ1n) is 11.0. The van der Waals surface area contributed by atoms with Crippen LogP contribution in [0.2, 0.25) is 0 Å². The van der Waals surface area contributed by atoms with Gasteiger partial charge in [-0.1, -0.05) is 32.9 Å². The van der Waals surface area contributed by atoms with Crippen LogP contribution in [-0.2, 0) is 23.9 Å². The van der Waals surface area contributed by atoms with E-state index in [1.807, 2.05) is 13.8 Å². The van der Waals surface area contributed by atoms with Crippen LogP contribution in [0.15, 0.2) is 23.3 Å². The highest BCUT2D eigenvalue weighted by atomic mass is 16.6. The summed E-state index contributed by atoms with van der Waals surface area (Å²) in [6.45, 7) is 9.43. The average molecular weight is 449 g/mol. The molecule has 2 saturated carbocycles. The fourth-order valence-corrected chi connectivity index (χ4v) is 7.09. The molecule has 4 aliphatic carbocycles. The minimum atomic E-state index is -1.92. The van der Waals surface area contributed by atoms with Crippen molar-refractivity contribution in [2.24, 2.45) is 29.1 Å². The van der Waals surface area contributed by atoms with Crippen LogP contribution < -0.4 is 0 Å². The van der Waals surface area contributed by atoms with E-state index in [0.717, 1.165) is 0 Å². The van der Waals surface area contributed by atoms with Gasteiger partial charge in [-0.3, -0.25) is 14.4 Å². The Hall–Kier alpha value is -2.03. The van der Waals surface area contributed by atoms with Gasteiger partial charge in [-0.05, 0) is 18.1 Å². The third-order valence-electron chi connectivity index (χ3n) is 8.56. The van der Waals surface area contributed by atoms with Gasteiger partial charge < -0.3 is 24.8 Å². The number of carbonyl (C=O) groups is 3. The van der Waals surface area contributed by atoms with Gasteiger partial charge in [0.2, 0.25) is 0 Å². The normalized spacial score (nSPS) is 46.0. The molecular formula is C24H32O8. The van der Waals surface area contributed by atoms with Gasteiger partial charge in [-0.2, -0.15) is 0 Å². The molecule has 8 atom stereocenters. The summed E-state index contributed by atoms with van der Waals surface area (Å²) in [6.07, 6.45) is 2.04. The molecule has 2 fully saturated rings. The Morgan fingerprint density at radius 2 is 1.78 bits per heavy atom. The number of rotatable bonds is 3. The highest BCUT2D eigenvalue weighted by molar-refractivity contribution is 6.04. The van der Waals surface area contributed by atoms with Gasteiger partial charge in [0.1, 0.15) is 17.8 Å². The largest absolute Gasteiger partial charge is 0.461 e. The molecule has 0 radical (unpaired) electrons. The number of fused-ring (bicyclic) bond motifs is 5. The smallest absolute Gasteiger partial charge is 0.303 e. The number of hydrogen-bond acceptors (Lipinski definition) is 8. The second-order valence-electron chi connectivity index (χ2n) is 10.6. The van der Waals surface area contributed by atoms with Gasteiger partial charge in [-0.25, -0.2) is 0 Å². The molecule has 3 unspecified atom stereocenters. The molecule has 4 aliphatic rings. The van der Waals surface area contributed by atoms with Crippen molar-refractivity contribution >= 4 is 17.7 Å². The zero-order chi connectivity index (χ0) is 24.0. The molecule has 8 heteroatoms. The summed E-state index contributed by atoms with van der Waals surface area (Å²) in [6, 6.07) is 0. The second-order valence-corrected chi connectivity index (χ2v) is 10.6. The zero-order valence-electron chi connectivity index (χ0n) is 19.3. The van der Waals surface area contributed by atoms with Crippen molar-refractivity contribution in [2.45, 2.75) is 70.9 Å². The van der Waals surface area contributed by atoms with Crippen LogP contribution in [0.1, 0.15) is 48.0 Å². The van der Waals surface area contributed by atoms with Gasteiger partial charge >= 0.3 is 11.9 Å². The van der Waals surface area contributed by atoms with Crippen molar-refractivity contribution in [3.05, 3.63) is 23.3 Å². The van der Waals surface area contributed by atoms with E-state index in [2.05, 4.69) is 0 Å². The number of aliphatic hydroxyl groups excluding tert-OH is 1.